The van der Waals surface area contributed by atoms with Crippen LogP contribution in [0.15, 0.2) is 18.6 Å². The highest BCUT2D eigenvalue weighted by Gasteiger charge is 2.05. The minimum atomic E-state index is 0.900. The Morgan fingerprint density at radius 2 is 2.14 bits per heavy atom. The number of nitrogens with one attached hydrogen (secondary N) is 1. The van der Waals surface area contributed by atoms with Gasteiger partial charge in [0.05, 0.1) is 12.7 Å². The topological polar surface area (TPSA) is 33.6 Å². The van der Waals surface area contributed by atoms with E-state index in [1.165, 1.54) is 22.4 Å². The van der Waals surface area contributed by atoms with E-state index in [0.717, 1.165) is 6.54 Å². The SMILES string of the molecule is Cc1cn(Cc2cn[nH]c2)c(C)c1C. The van der Waals surface area contributed by atoms with Gasteiger partial charge in [-0.15, -0.1) is 0 Å². The first-order valence-corrected chi connectivity index (χ1v) is 4.79. The largest absolute Gasteiger partial charge is 0.347 e. The van der Waals surface area contributed by atoms with Crippen LogP contribution in [0.3, 0.4) is 0 Å². The summed E-state index contributed by atoms with van der Waals surface area (Å²) >= 11 is 0. The molecule has 0 aromatic carbocycles. The summed E-state index contributed by atoms with van der Waals surface area (Å²) in [6.07, 6.45) is 5.99. The van der Waals surface area contributed by atoms with Crippen LogP contribution in [0.25, 0.3) is 0 Å². The molecule has 2 aromatic rings. The third-order valence-electron chi connectivity index (χ3n) is 2.82. The molecule has 0 spiro atoms. The van der Waals surface area contributed by atoms with Crippen LogP contribution in [-0.4, -0.2) is 14.8 Å². The van der Waals surface area contributed by atoms with Gasteiger partial charge in [0.2, 0.25) is 0 Å². The summed E-state index contributed by atoms with van der Waals surface area (Å²) in [5.41, 5.74) is 5.28. The molecule has 0 saturated carbocycles. The Hall–Kier alpha value is -1.51. The van der Waals surface area contributed by atoms with Gasteiger partial charge < -0.3 is 4.57 Å². The van der Waals surface area contributed by atoms with Crippen LogP contribution >= 0.6 is 0 Å². The van der Waals surface area contributed by atoms with E-state index < -0.39 is 0 Å². The Morgan fingerprint density at radius 1 is 1.36 bits per heavy atom. The van der Waals surface area contributed by atoms with Crippen molar-refractivity contribution in [3.8, 4) is 0 Å². The zero-order valence-electron chi connectivity index (χ0n) is 8.83. The average Bonchev–Trinajstić information content (AvgIpc) is 2.73. The number of aryl methyl sites for hydroxylation is 1. The van der Waals surface area contributed by atoms with Crippen molar-refractivity contribution in [3.63, 3.8) is 0 Å². The first-order chi connectivity index (χ1) is 6.68. The van der Waals surface area contributed by atoms with Crippen molar-refractivity contribution in [2.24, 2.45) is 0 Å². The number of rotatable bonds is 2. The van der Waals surface area contributed by atoms with E-state index in [1.54, 1.807) is 0 Å². The summed E-state index contributed by atoms with van der Waals surface area (Å²) in [5.74, 6) is 0. The summed E-state index contributed by atoms with van der Waals surface area (Å²) in [4.78, 5) is 0. The molecule has 2 aromatic heterocycles. The van der Waals surface area contributed by atoms with Gasteiger partial charge in [-0.2, -0.15) is 5.10 Å². The van der Waals surface area contributed by atoms with Crippen LogP contribution < -0.4 is 0 Å². The molecule has 0 radical (unpaired) electrons. The molecular formula is C11H15N3. The van der Waals surface area contributed by atoms with Crippen LogP contribution in [0.2, 0.25) is 0 Å². The number of nitrogens with zero attached hydrogens (tertiary/aromatic N) is 2. The predicted molar refractivity (Wildman–Crippen MR) is 56.3 cm³/mol. The Balaban J connectivity index is 2.30. The molecule has 0 unspecified atom stereocenters. The number of aromatic nitrogens is 3. The Labute approximate surface area is 83.8 Å². The molecule has 1 N–H and O–H groups in total. The fourth-order valence-corrected chi connectivity index (χ4v) is 1.65. The first-order valence-electron chi connectivity index (χ1n) is 4.79. The lowest BCUT2D eigenvalue weighted by Crippen LogP contribution is -1.99. The highest BCUT2D eigenvalue weighted by Crippen LogP contribution is 2.15. The van der Waals surface area contributed by atoms with Crippen molar-refractivity contribution in [1.82, 2.24) is 14.8 Å². The zero-order valence-corrected chi connectivity index (χ0v) is 8.83. The molecule has 14 heavy (non-hydrogen) atoms. The molecule has 0 amide bonds. The minimum absolute atomic E-state index is 0.900. The van der Waals surface area contributed by atoms with E-state index in [-0.39, 0.29) is 0 Å². The lowest BCUT2D eigenvalue weighted by molar-refractivity contribution is 0.773. The smallest absolute Gasteiger partial charge is 0.0537 e. The second-order valence-electron chi connectivity index (χ2n) is 3.76. The molecule has 0 aliphatic heterocycles. The fourth-order valence-electron chi connectivity index (χ4n) is 1.65. The molecule has 74 valence electrons. The molecule has 0 aliphatic carbocycles. The van der Waals surface area contributed by atoms with Gasteiger partial charge in [-0.3, -0.25) is 5.10 Å². The molecule has 0 fully saturated rings. The van der Waals surface area contributed by atoms with E-state index in [2.05, 4.69) is 41.7 Å². The maximum absolute atomic E-state index is 3.94. The summed E-state index contributed by atoms with van der Waals surface area (Å²) < 4.78 is 2.26. The monoisotopic (exact) mass is 189 g/mol. The van der Waals surface area contributed by atoms with Gasteiger partial charge in [0, 0.05) is 23.7 Å². The van der Waals surface area contributed by atoms with Crippen molar-refractivity contribution >= 4 is 0 Å². The quantitative estimate of drug-likeness (QED) is 0.771. The molecule has 0 bridgehead atoms. The predicted octanol–water partition coefficient (Wildman–Crippen LogP) is 2.18. The van der Waals surface area contributed by atoms with Crippen molar-refractivity contribution < 1.29 is 0 Å². The van der Waals surface area contributed by atoms with Crippen molar-refractivity contribution in [2.75, 3.05) is 0 Å². The van der Waals surface area contributed by atoms with E-state index in [9.17, 15) is 0 Å². The number of hydrogen-bond donors (Lipinski definition) is 1. The molecular weight excluding hydrogens is 174 g/mol. The van der Waals surface area contributed by atoms with E-state index >= 15 is 0 Å². The van der Waals surface area contributed by atoms with E-state index in [1.807, 2.05) is 12.4 Å². The third-order valence-corrected chi connectivity index (χ3v) is 2.82. The molecule has 3 nitrogen and oxygen atoms in total. The summed E-state index contributed by atoms with van der Waals surface area (Å²) in [6, 6.07) is 0. The van der Waals surface area contributed by atoms with Gasteiger partial charge in [0.15, 0.2) is 0 Å². The Morgan fingerprint density at radius 3 is 2.64 bits per heavy atom. The van der Waals surface area contributed by atoms with E-state index in [0.29, 0.717) is 0 Å². The third kappa shape index (κ3) is 1.45. The van der Waals surface area contributed by atoms with Crippen LogP contribution in [0.5, 0.6) is 0 Å². The summed E-state index contributed by atoms with van der Waals surface area (Å²) in [7, 11) is 0. The Bertz CT molecular complexity index is 424. The second-order valence-corrected chi connectivity index (χ2v) is 3.76. The maximum atomic E-state index is 3.94. The van der Waals surface area contributed by atoms with Gasteiger partial charge in [0.1, 0.15) is 0 Å². The van der Waals surface area contributed by atoms with Crippen LogP contribution in [0, 0.1) is 20.8 Å². The van der Waals surface area contributed by atoms with Crippen molar-refractivity contribution in [2.45, 2.75) is 27.3 Å². The zero-order chi connectivity index (χ0) is 10.1. The van der Waals surface area contributed by atoms with Crippen LogP contribution in [0.4, 0.5) is 0 Å². The van der Waals surface area contributed by atoms with Gasteiger partial charge in [-0.05, 0) is 31.9 Å². The summed E-state index contributed by atoms with van der Waals surface area (Å²) in [6.45, 7) is 7.37. The fraction of sp³-hybridized carbons (Fsp3) is 0.364. The molecule has 0 atom stereocenters. The normalized spacial score (nSPS) is 10.8. The molecule has 2 heterocycles. The van der Waals surface area contributed by atoms with Crippen LogP contribution in [-0.2, 0) is 6.54 Å². The van der Waals surface area contributed by atoms with Gasteiger partial charge in [0.25, 0.3) is 0 Å². The lowest BCUT2D eigenvalue weighted by atomic mass is 10.2. The van der Waals surface area contributed by atoms with Crippen molar-refractivity contribution in [1.29, 1.82) is 0 Å². The molecule has 0 saturated heterocycles. The van der Waals surface area contributed by atoms with Gasteiger partial charge >= 0.3 is 0 Å². The standard InChI is InChI=1S/C11H15N3/c1-8-6-14(10(3)9(8)2)7-11-4-12-13-5-11/h4-6H,7H2,1-3H3,(H,12,13). The highest BCUT2D eigenvalue weighted by atomic mass is 15.1. The highest BCUT2D eigenvalue weighted by molar-refractivity contribution is 5.29. The molecule has 3 heteroatoms. The van der Waals surface area contributed by atoms with E-state index in [4.69, 9.17) is 0 Å². The Kier molecular flexibility index (Phi) is 2.15. The lowest BCUT2D eigenvalue weighted by Gasteiger charge is -2.03. The summed E-state index contributed by atoms with van der Waals surface area (Å²) in [5, 5.41) is 6.77. The minimum Gasteiger partial charge on any atom is -0.347 e. The average molecular weight is 189 g/mol. The molecule has 2 rings (SSSR count). The van der Waals surface area contributed by atoms with Crippen molar-refractivity contribution in [3.05, 3.63) is 41.0 Å². The van der Waals surface area contributed by atoms with Gasteiger partial charge in [-0.25, -0.2) is 0 Å². The number of H-pyrrole nitrogens is 1. The second kappa shape index (κ2) is 3.33. The molecule has 0 aliphatic rings. The maximum Gasteiger partial charge on any atom is 0.0537 e. The number of aromatic amines is 1. The van der Waals surface area contributed by atoms with Gasteiger partial charge in [-0.1, -0.05) is 0 Å². The first kappa shape index (κ1) is 9.06. The van der Waals surface area contributed by atoms with Crippen LogP contribution in [0.1, 0.15) is 22.4 Å². The number of hydrogen-bond acceptors (Lipinski definition) is 1.